The summed E-state index contributed by atoms with van der Waals surface area (Å²) in [6, 6.07) is 4.92. The smallest absolute Gasteiger partial charge is 0.410 e. The zero-order valence-electron chi connectivity index (χ0n) is 26.2. The predicted octanol–water partition coefficient (Wildman–Crippen LogP) is 4.49. The number of likely N-dealkylation sites (N-methyl/N-ethyl adjacent to an activating group) is 1. The zero-order valence-corrected chi connectivity index (χ0v) is 26.2. The Kier molecular flexibility index (Phi) is 11.6. The van der Waals surface area contributed by atoms with Crippen molar-refractivity contribution in [3.8, 4) is 0 Å². The second-order valence-electron chi connectivity index (χ2n) is 12.5. The van der Waals surface area contributed by atoms with Crippen molar-refractivity contribution in [1.29, 1.82) is 0 Å². The van der Waals surface area contributed by atoms with Crippen molar-refractivity contribution < 1.29 is 33.3 Å². The van der Waals surface area contributed by atoms with E-state index in [2.05, 4.69) is 9.80 Å². The molecule has 0 aliphatic carbocycles. The molecular weight excluding hydrogens is 553 g/mol. The number of nitrogens with zero attached hydrogens (tertiary/aromatic N) is 3. The van der Waals surface area contributed by atoms with E-state index in [1.165, 1.54) is 12.1 Å². The Balaban J connectivity index is 1.56. The summed E-state index contributed by atoms with van der Waals surface area (Å²) in [7, 11) is 2.03. The van der Waals surface area contributed by atoms with Gasteiger partial charge in [0.25, 0.3) is 0 Å². The van der Waals surface area contributed by atoms with Gasteiger partial charge in [-0.1, -0.05) is 26.0 Å². The monoisotopic (exact) mass is 601 g/mol. The highest BCUT2D eigenvalue weighted by molar-refractivity contribution is 5.71. The lowest BCUT2D eigenvalue weighted by molar-refractivity contribution is -0.151. The normalized spacial score (nSPS) is 31.0. The Morgan fingerprint density at radius 2 is 1.81 bits per heavy atom. The van der Waals surface area contributed by atoms with Crippen LogP contribution in [0.4, 0.5) is 14.9 Å². The quantitative estimate of drug-likeness (QED) is 0.399. The van der Waals surface area contributed by atoms with Crippen LogP contribution in [0.1, 0.15) is 52.5 Å². The highest BCUT2D eigenvalue weighted by Crippen LogP contribution is 2.28. The number of carbonyl (C=O) groups excluding carboxylic acids is 2. The Morgan fingerprint density at radius 1 is 1.07 bits per heavy atom. The summed E-state index contributed by atoms with van der Waals surface area (Å²) in [5.74, 6) is -1.17. The molecule has 0 bridgehead atoms. The number of esters is 1. The third-order valence-corrected chi connectivity index (χ3v) is 8.61. The van der Waals surface area contributed by atoms with Gasteiger partial charge in [-0.3, -0.25) is 4.79 Å². The fraction of sp³-hybridized carbons (Fsp3) is 0.636. The summed E-state index contributed by atoms with van der Waals surface area (Å²) >= 11 is 0. The number of carbonyl (C=O) groups is 2. The van der Waals surface area contributed by atoms with Crippen molar-refractivity contribution >= 4 is 23.8 Å². The van der Waals surface area contributed by atoms with Gasteiger partial charge in [-0.05, 0) is 75.1 Å². The van der Waals surface area contributed by atoms with Crippen LogP contribution in [0.25, 0.3) is 6.08 Å². The van der Waals surface area contributed by atoms with Crippen LogP contribution in [0.2, 0.25) is 0 Å². The van der Waals surface area contributed by atoms with Gasteiger partial charge in [-0.2, -0.15) is 0 Å². The molecule has 3 aliphatic heterocycles. The summed E-state index contributed by atoms with van der Waals surface area (Å²) in [6.45, 7) is 12.5. The van der Waals surface area contributed by atoms with Crippen molar-refractivity contribution in [1.82, 2.24) is 9.80 Å². The molecule has 1 unspecified atom stereocenters. The van der Waals surface area contributed by atoms with E-state index in [1.807, 2.05) is 59.0 Å². The van der Waals surface area contributed by atoms with Gasteiger partial charge in [0.15, 0.2) is 0 Å². The molecule has 1 aromatic rings. The molecule has 2 fully saturated rings. The molecule has 2 saturated heterocycles. The molecule has 9 nitrogen and oxygen atoms in total. The Labute approximate surface area is 255 Å². The van der Waals surface area contributed by atoms with E-state index >= 15 is 0 Å². The molecule has 1 amide bonds. The second kappa shape index (κ2) is 15.2. The first-order valence-electron chi connectivity index (χ1n) is 15.5. The van der Waals surface area contributed by atoms with Gasteiger partial charge in [0.1, 0.15) is 18.0 Å². The Morgan fingerprint density at radius 3 is 2.53 bits per heavy atom. The number of amides is 1. The van der Waals surface area contributed by atoms with E-state index in [0.29, 0.717) is 51.2 Å². The van der Waals surface area contributed by atoms with E-state index in [4.69, 9.17) is 14.2 Å². The van der Waals surface area contributed by atoms with Crippen LogP contribution < -0.4 is 4.90 Å². The minimum absolute atomic E-state index is 0.0590. The molecule has 0 radical (unpaired) electrons. The maximum absolute atomic E-state index is 14.7. The molecule has 238 valence electrons. The summed E-state index contributed by atoms with van der Waals surface area (Å²) < 4.78 is 32.3. The molecule has 0 spiro atoms. The summed E-state index contributed by atoms with van der Waals surface area (Å²) in [4.78, 5) is 31.9. The fourth-order valence-electron chi connectivity index (χ4n) is 5.89. The summed E-state index contributed by atoms with van der Waals surface area (Å²) in [5, 5.41) is 10.6. The first-order chi connectivity index (χ1) is 20.5. The fourth-order valence-corrected chi connectivity index (χ4v) is 5.89. The number of aliphatic hydroxyl groups excluding tert-OH is 1. The van der Waals surface area contributed by atoms with E-state index < -0.39 is 24.3 Å². The lowest BCUT2D eigenvalue weighted by Gasteiger charge is -2.33. The van der Waals surface area contributed by atoms with Crippen LogP contribution in [0.15, 0.2) is 35.9 Å². The van der Waals surface area contributed by atoms with Gasteiger partial charge in [0, 0.05) is 50.9 Å². The van der Waals surface area contributed by atoms with E-state index in [-0.39, 0.29) is 36.3 Å². The number of anilines is 1. The number of ether oxygens (including phenoxy) is 3. The average Bonchev–Trinajstić information content (AvgIpc) is 2.96. The first kappa shape index (κ1) is 33.0. The minimum Gasteiger partial charge on any atom is -0.457 e. The largest absolute Gasteiger partial charge is 0.457 e. The van der Waals surface area contributed by atoms with Crippen LogP contribution >= 0.6 is 0 Å². The van der Waals surface area contributed by atoms with Gasteiger partial charge in [-0.15, -0.1) is 0 Å². The topological polar surface area (TPSA) is 91.8 Å². The van der Waals surface area contributed by atoms with Gasteiger partial charge in [0.2, 0.25) is 0 Å². The van der Waals surface area contributed by atoms with Crippen LogP contribution in [-0.2, 0) is 19.0 Å². The number of hydrogen-bond donors (Lipinski definition) is 1. The van der Waals surface area contributed by atoms with Crippen LogP contribution in [-0.4, -0.2) is 104 Å². The molecular formula is C33H48FN3O6. The first-order valence-corrected chi connectivity index (χ1v) is 15.5. The zero-order chi connectivity index (χ0) is 31.1. The molecule has 3 heterocycles. The molecule has 3 aliphatic rings. The summed E-state index contributed by atoms with van der Waals surface area (Å²) in [5.41, 5.74) is 2.18. The number of rotatable bonds is 4. The van der Waals surface area contributed by atoms with Crippen molar-refractivity contribution in [2.45, 2.75) is 71.4 Å². The Bertz CT molecular complexity index is 1170. The van der Waals surface area contributed by atoms with Gasteiger partial charge in [-0.25, -0.2) is 9.18 Å². The van der Waals surface area contributed by atoms with E-state index in [9.17, 15) is 19.1 Å². The lowest BCUT2D eigenvalue weighted by Crippen LogP contribution is -2.48. The van der Waals surface area contributed by atoms with Crippen LogP contribution in [0, 0.1) is 17.7 Å². The van der Waals surface area contributed by atoms with Gasteiger partial charge < -0.3 is 34.0 Å². The number of halogens is 1. The molecule has 0 aromatic heterocycles. The highest BCUT2D eigenvalue weighted by atomic mass is 19.1. The summed E-state index contributed by atoms with van der Waals surface area (Å²) in [6.07, 6.45) is 4.19. The number of cyclic esters (lactones) is 1. The number of benzene rings is 1. The number of piperazine rings is 1. The molecule has 0 saturated carbocycles. The second-order valence-corrected chi connectivity index (χ2v) is 12.5. The van der Waals surface area contributed by atoms with Crippen LogP contribution in [0.3, 0.4) is 0 Å². The third kappa shape index (κ3) is 9.52. The van der Waals surface area contributed by atoms with Crippen molar-refractivity contribution in [3.05, 3.63) is 47.3 Å². The highest BCUT2D eigenvalue weighted by Gasteiger charge is 2.29. The van der Waals surface area contributed by atoms with E-state index in [1.54, 1.807) is 4.90 Å². The third-order valence-electron chi connectivity index (χ3n) is 8.61. The van der Waals surface area contributed by atoms with Crippen molar-refractivity contribution in [3.63, 3.8) is 0 Å². The minimum atomic E-state index is -0.866. The maximum Gasteiger partial charge on any atom is 0.410 e. The number of hydrogen-bond acceptors (Lipinski definition) is 8. The number of morpholine rings is 1. The average molecular weight is 602 g/mol. The van der Waals surface area contributed by atoms with Crippen LogP contribution in [0.5, 0.6) is 0 Å². The molecule has 10 heteroatoms. The predicted molar refractivity (Wildman–Crippen MR) is 164 cm³/mol. The van der Waals surface area contributed by atoms with Crippen molar-refractivity contribution in [2.75, 3.05) is 57.8 Å². The van der Waals surface area contributed by atoms with Gasteiger partial charge in [0.05, 0.1) is 25.2 Å². The molecule has 1 aromatic carbocycles. The SMILES string of the molecule is C/C(=C\c1cc(F)cc(N2CCOC(C)C2)c1)[C@H]1OC(=O)C[C@@H](O)CC[C@@H](C)[C@@H](OC(=O)N2CCN(C)CC2)/C=C/[C@@H]1C. The molecule has 1 N–H and O–H groups in total. The maximum atomic E-state index is 14.7. The van der Waals surface area contributed by atoms with E-state index in [0.717, 1.165) is 24.4 Å². The number of aliphatic hydroxyl groups is 1. The molecule has 43 heavy (non-hydrogen) atoms. The molecule has 6 atom stereocenters. The van der Waals surface area contributed by atoms with Gasteiger partial charge >= 0.3 is 12.1 Å². The van der Waals surface area contributed by atoms with Crippen molar-refractivity contribution in [2.24, 2.45) is 11.8 Å². The molecule has 4 rings (SSSR count). The Hall–Kier alpha value is -2.95. The standard InChI is InChI=1S/C33H48FN3O6/c1-22-6-8-29(38)20-31(39)43-32(23(2)7-9-30(22)42-33(40)36-12-10-35(5)11-13-36)24(3)16-26-17-27(34)19-28(18-26)37-14-15-41-25(4)21-37/h7,9,16-19,22-23,25,29-30,32,38H,6,8,10-15,20-21H2,1-5H3/b9-7+,24-16+/t22-,23+,25?,29+,30+,32+/m1/s1. The lowest BCUT2D eigenvalue weighted by atomic mass is 9.91.